The smallest absolute Gasteiger partial charge is 0.326 e. The van der Waals surface area contributed by atoms with Crippen molar-refractivity contribution in [2.75, 3.05) is 18.6 Å². The quantitative estimate of drug-likeness (QED) is 0.366. The summed E-state index contributed by atoms with van der Waals surface area (Å²) in [5, 5.41) is 14.6. The van der Waals surface area contributed by atoms with Gasteiger partial charge in [-0.25, -0.2) is 4.79 Å². The van der Waals surface area contributed by atoms with Gasteiger partial charge in [-0.2, -0.15) is 11.8 Å². The minimum absolute atomic E-state index is 0.233. The van der Waals surface area contributed by atoms with Crippen molar-refractivity contribution in [2.24, 2.45) is 11.7 Å². The maximum absolute atomic E-state index is 12.8. The van der Waals surface area contributed by atoms with Gasteiger partial charge < -0.3 is 26.4 Å². The van der Waals surface area contributed by atoms with Gasteiger partial charge in [0.1, 0.15) is 18.1 Å². The van der Waals surface area contributed by atoms with E-state index < -0.39 is 42.0 Å². The van der Waals surface area contributed by atoms with Crippen molar-refractivity contribution in [3.05, 3.63) is 0 Å². The lowest BCUT2D eigenvalue weighted by atomic mass is 9.98. The van der Waals surface area contributed by atoms with Gasteiger partial charge in [-0.05, 0) is 44.1 Å². The maximum Gasteiger partial charge on any atom is 0.326 e. The van der Waals surface area contributed by atoms with E-state index in [0.717, 1.165) is 5.75 Å². The normalized spacial score (nSPS) is 20.4. The SMILES string of the molecule is CCC(C)C(NC(=O)C1CCCN1C(=O)C(C)NC(=O)C(N)CCSC)C(=O)O. The average Bonchev–Trinajstić information content (AvgIpc) is 3.18. The van der Waals surface area contributed by atoms with E-state index >= 15 is 0 Å². The Hall–Kier alpha value is -1.81. The van der Waals surface area contributed by atoms with Crippen molar-refractivity contribution in [2.45, 2.75) is 70.6 Å². The van der Waals surface area contributed by atoms with Gasteiger partial charge in [0.2, 0.25) is 17.7 Å². The molecule has 5 N–H and O–H groups in total. The summed E-state index contributed by atoms with van der Waals surface area (Å²) in [6.07, 6.45) is 4.13. The molecule has 9 nitrogen and oxygen atoms in total. The van der Waals surface area contributed by atoms with Crippen LogP contribution < -0.4 is 16.4 Å². The van der Waals surface area contributed by atoms with Crippen LogP contribution in [0.4, 0.5) is 0 Å². The monoisotopic (exact) mass is 430 g/mol. The summed E-state index contributed by atoms with van der Waals surface area (Å²) in [5.74, 6) is -1.83. The van der Waals surface area contributed by atoms with Crippen molar-refractivity contribution in [1.29, 1.82) is 0 Å². The summed E-state index contributed by atoms with van der Waals surface area (Å²) >= 11 is 1.59. The predicted molar refractivity (Wildman–Crippen MR) is 112 cm³/mol. The standard InChI is InChI=1S/C19H34N4O5S/c1-5-11(2)15(19(27)28)22-17(25)14-7-6-9-23(14)18(26)12(3)21-16(24)13(20)8-10-29-4/h11-15H,5-10,20H2,1-4H3,(H,21,24)(H,22,25)(H,27,28). The lowest BCUT2D eigenvalue weighted by Crippen LogP contribution is -2.56. The van der Waals surface area contributed by atoms with E-state index in [1.165, 1.54) is 4.90 Å². The zero-order valence-electron chi connectivity index (χ0n) is 17.6. The second-order valence-electron chi connectivity index (χ2n) is 7.52. The largest absolute Gasteiger partial charge is 0.480 e. The van der Waals surface area contributed by atoms with Gasteiger partial charge >= 0.3 is 5.97 Å². The van der Waals surface area contributed by atoms with E-state index in [1.807, 2.05) is 13.2 Å². The molecule has 0 bridgehead atoms. The lowest BCUT2D eigenvalue weighted by molar-refractivity contribution is -0.145. The van der Waals surface area contributed by atoms with Crippen molar-refractivity contribution in [3.63, 3.8) is 0 Å². The summed E-state index contributed by atoms with van der Waals surface area (Å²) in [4.78, 5) is 50.6. The van der Waals surface area contributed by atoms with Gasteiger partial charge in [0.05, 0.1) is 6.04 Å². The number of aliphatic carboxylic acids is 1. The molecule has 0 aromatic rings. The topological polar surface area (TPSA) is 142 Å². The number of carboxylic acids is 1. The van der Waals surface area contributed by atoms with Gasteiger partial charge in [-0.15, -0.1) is 0 Å². The molecule has 5 unspecified atom stereocenters. The summed E-state index contributed by atoms with van der Waals surface area (Å²) in [7, 11) is 0. The number of hydrogen-bond acceptors (Lipinski definition) is 6. The molecular formula is C19H34N4O5S. The Morgan fingerprint density at radius 2 is 1.90 bits per heavy atom. The third kappa shape index (κ3) is 7.18. The highest BCUT2D eigenvalue weighted by atomic mass is 32.2. The third-order valence-electron chi connectivity index (χ3n) is 5.31. The fourth-order valence-corrected chi connectivity index (χ4v) is 3.73. The molecule has 0 aliphatic carbocycles. The summed E-state index contributed by atoms with van der Waals surface area (Å²) in [5.41, 5.74) is 5.84. The Bertz CT molecular complexity index is 603. The third-order valence-corrected chi connectivity index (χ3v) is 5.96. The molecule has 0 aromatic heterocycles. The molecule has 29 heavy (non-hydrogen) atoms. The van der Waals surface area contributed by atoms with Crippen molar-refractivity contribution in [3.8, 4) is 0 Å². The molecule has 3 amide bonds. The van der Waals surface area contributed by atoms with Crippen LogP contribution in [-0.2, 0) is 19.2 Å². The number of hydrogen-bond donors (Lipinski definition) is 4. The highest BCUT2D eigenvalue weighted by Crippen LogP contribution is 2.20. The average molecular weight is 431 g/mol. The highest BCUT2D eigenvalue weighted by molar-refractivity contribution is 7.98. The highest BCUT2D eigenvalue weighted by Gasteiger charge is 2.38. The van der Waals surface area contributed by atoms with Crippen molar-refractivity contribution < 1.29 is 24.3 Å². The van der Waals surface area contributed by atoms with E-state index in [-0.39, 0.29) is 11.8 Å². The molecule has 1 saturated heterocycles. The number of amides is 3. The van der Waals surface area contributed by atoms with Gasteiger partial charge in [0.15, 0.2) is 0 Å². The number of likely N-dealkylation sites (tertiary alicyclic amines) is 1. The number of carbonyl (C=O) groups is 4. The first kappa shape index (κ1) is 25.2. The minimum Gasteiger partial charge on any atom is -0.480 e. The Morgan fingerprint density at radius 3 is 2.45 bits per heavy atom. The summed E-state index contributed by atoms with van der Waals surface area (Å²) < 4.78 is 0. The zero-order valence-corrected chi connectivity index (χ0v) is 18.5. The van der Waals surface area contributed by atoms with Crippen LogP contribution >= 0.6 is 11.8 Å². The Kier molecular flexibility index (Phi) is 10.5. The fraction of sp³-hybridized carbons (Fsp3) is 0.789. The molecule has 1 aliphatic rings. The van der Waals surface area contributed by atoms with E-state index in [1.54, 1.807) is 25.6 Å². The zero-order chi connectivity index (χ0) is 22.1. The number of rotatable bonds is 11. The molecule has 0 radical (unpaired) electrons. The van der Waals surface area contributed by atoms with E-state index in [9.17, 15) is 24.3 Å². The van der Waals surface area contributed by atoms with Crippen LogP contribution in [-0.4, -0.2) is 76.4 Å². The van der Waals surface area contributed by atoms with Crippen LogP contribution in [0.5, 0.6) is 0 Å². The van der Waals surface area contributed by atoms with E-state index in [2.05, 4.69) is 10.6 Å². The number of carbonyl (C=O) groups excluding carboxylic acids is 3. The Morgan fingerprint density at radius 1 is 1.24 bits per heavy atom. The Labute approximate surface area is 176 Å². The predicted octanol–water partition coefficient (Wildman–Crippen LogP) is 0.178. The van der Waals surface area contributed by atoms with E-state index in [0.29, 0.717) is 32.2 Å². The number of carboxylic acid groups (broad SMARTS) is 1. The van der Waals surface area contributed by atoms with Gasteiger partial charge in [-0.3, -0.25) is 14.4 Å². The van der Waals surface area contributed by atoms with Crippen molar-refractivity contribution in [1.82, 2.24) is 15.5 Å². The molecule has 1 fully saturated rings. The molecule has 166 valence electrons. The van der Waals surface area contributed by atoms with Crippen LogP contribution in [0, 0.1) is 5.92 Å². The van der Waals surface area contributed by atoms with Crippen LogP contribution in [0.15, 0.2) is 0 Å². The molecule has 5 atom stereocenters. The molecule has 10 heteroatoms. The van der Waals surface area contributed by atoms with Crippen molar-refractivity contribution >= 4 is 35.5 Å². The number of nitrogens with zero attached hydrogens (tertiary/aromatic N) is 1. The molecular weight excluding hydrogens is 396 g/mol. The van der Waals surface area contributed by atoms with Gasteiger partial charge in [-0.1, -0.05) is 20.3 Å². The lowest BCUT2D eigenvalue weighted by Gasteiger charge is -2.29. The number of nitrogens with one attached hydrogen (secondary N) is 2. The number of nitrogens with two attached hydrogens (primary N) is 1. The first-order valence-corrected chi connectivity index (χ1v) is 11.4. The van der Waals surface area contributed by atoms with Crippen LogP contribution in [0.1, 0.15) is 46.5 Å². The molecule has 0 spiro atoms. The molecule has 0 saturated carbocycles. The molecule has 1 aliphatic heterocycles. The first-order valence-electron chi connectivity index (χ1n) is 10.0. The van der Waals surface area contributed by atoms with Gasteiger partial charge in [0, 0.05) is 6.54 Å². The maximum atomic E-state index is 12.8. The van der Waals surface area contributed by atoms with Crippen LogP contribution in [0.25, 0.3) is 0 Å². The number of thioether (sulfide) groups is 1. The Balaban J connectivity index is 2.74. The second-order valence-corrected chi connectivity index (χ2v) is 8.50. The first-order chi connectivity index (χ1) is 13.6. The fourth-order valence-electron chi connectivity index (χ4n) is 3.24. The van der Waals surface area contributed by atoms with E-state index in [4.69, 9.17) is 5.73 Å². The van der Waals surface area contributed by atoms with Crippen LogP contribution in [0.3, 0.4) is 0 Å². The van der Waals surface area contributed by atoms with Gasteiger partial charge in [0.25, 0.3) is 0 Å². The molecule has 1 rings (SSSR count). The second kappa shape index (κ2) is 12.0. The summed E-state index contributed by atoms with van der Waals surface area (Å²) in [6.45, 7) is 5.56. The minimum atomic E-state index is -1.09. The summed E-state index contributed by atoms with van der Waals surface area (Å²) in [6, 6.07) is -3.25. The molecule has 0 aromatic carbocycles. The van der Waals surface area contributed by atoms with Crippen LogP contribution in [0.2, 0.25) is 0 Å². The molecule has 1 heterocycles.